The highest BCUT2D eigenvalue weighted by molar-refractivity contribution is 9.10. The van der Waals surface area contributed by atoms with E-state index in [2.05, 4.69) is 53.1 Å². The Bertz CT molecular complexity index is 997. The van der Waals surface area contributed by atoms with Crippen LogP contribution in [0.15, 0.2) is 58.1 Å². The zero-order chi connectivity index (χ0) is 17.2. The van der Waals surface area contributed by atoms with Crippen LogP contribution >= 0.6 is 15.9 Å². The predicted octanol–water partition coefficient (Wildman–Crippen LogP) is 3.39. The molecule has 4 aromatic rings. The normalized spacial score (nSPS) is 11.1. The van der Waals surface area contributed by atoms with E-state index in [4.69, 9.17) is 4.42 Å². The van der Waals surface area contributed by atoms with Gasteiger partial charge in [0.15, 0.2) is 12.0 Å². The van der Waals surface area contributed by atoms with E-state index in [1.165, 1.54) is 6.39 Å². The molecule has 0 aliphatic carbocycles. The van der Waals surface area contributed by atoms with Gasteiger partial charge < -0.3 is 9.32 Å². The number of aromatic nitrogens is 5. The molecule has 126 valence electrons. The summed E-state index contributed by atoms with van der Waals surface area (Å²) in [5, 5.41) is 8.40. The first-order valence-electron chi connectivity index (χ1n) is 7.74. The Kier molecular flexibility index (Phi) is 4.19. The van der Waals surface area contributed by atoms with Gasteiger partial charge in [-0.25, -0.2) is 4.98 Å². The number of oxazole rings is 1. The van der Waals surface area contributed by atoms with Gasteiger partial charge in [0.2, 0.25) is 0 Å². The number of anilines is 1. The number of rotatable bonds is 5. The maximum absolute atomic E-state index is 5.43. The predicted molar refractivity (Wildman–Crippen MR) is 96.1 cm³/mol. The van der Waals surface area contributed by atoms with E-state index in [1.807, 2.05) is 29.7 Å². The van der Waals surface area contributed by atoms with Gasteiger partial charge in [0, 0.05) is 22.6 Å². The van der Waals surface area contributed by atoms with Gasteiger partial charge in [-0.15, -0.1) is 10.2 Å². The van der Waals surface area contributed by atoms with Crippen molar-refractivity contribution in [1.29, 1.82) is 0 Å². The van der Waals surface area contributed by atoms with Crippen LogP contribution in [0.4, 0.5) is 5.69 Å². The second kappa shape index (κ2) is 6.64. The lowest BCUT2D eigenvalue weighted by Crippen LogP contribution is -2.23. The summed E-state index contributed by atoms with van der Waals surface area (Å²) in [7, 11) is 0. The molecule has 0 aliphatic heterocycles. The van der Waals surface area contributed by atoms with Crippen LogP contribution in [0.5, 0.6) is 0 Å². The minimum Gasteiger partial charge on any atom is -0.447 e. The minimum absolute atomic E-state index is 0.569. The summed E-state index contributed by atoms with van der Waals surface area (Å²) in [5.74, 6) is 1.62. The van der Waals surface area contributed by atoms with Crippen molar-refractivity contribution in [2.24, 2.45) is 0 Å². The molecule has 0 bridgehead atoms. The third-order valence-electron chi connectivity index (χ3n) is 3.91. The van der Waals surface area contributed by atoms with Crippen LogP contribution in [0, 0.1) is 6.92 Å². The maximum atomic E-state index is 5.43. The van der Waals surface area contributed by atoms with Crippen molar-refractivity contribution in [2.45, 2.75) is 20.0 Å². The molecule has 0 N–H and O–H groups in total. The van der Waals surface area contributed by atoms with Crippen molar-refractivity contribution in [1.82, 2.24) is 24.6 Å². The van der Waals surface area contributed by atoms with Crippen molar-refractivity contribution >= 4 is 27.3 Å². The van der Waals surface area contributed by atoms with Crippen molar-refractivity contribution in [3.63, 3.8) is 0 Å². The molecule has 0 spiro atoms. The monoisotopic (exact) mass is 398 g/mol. The van der Waals surface area contributed by atoms with E-state index < -0.39 is 0 Å². The van der Waals surface area contributed by atoms with Gasteiger partial charge in [0.25, 0.3) is 0 Å². The van der Waals surface area contributed by atoms with Crippen molar-refractivity contribution in [3.05, 3.63) is 71.0 Å². The van der Waals surface area contributed by atoms with E-state index in [-0.39, 0.29) is 0 Å². The van der Waals surface area contributed by atoms with Crippen LogP contribution in [0.2, 0.25) is 0 Å². The molecule has 3 heterocycles. The maximum Gasteiger partial charge on any atom is 0.184 e. The van der Waals surface area contributed by atoms with Gasteiger partial charge in [0.05, 0.1) is 19.3 Å². The average molecular weight is 399 g/mol. The summed E-state index contributed by atoms with van der Waals surface area (Å²) in [6.45, 7) is 3.07. The summed E-state index contributed by atoms with van der Waals surface area (Å²) in [6, 6.07) is 8.11. The molecule has 0 aliphatic rings. The van der Waals surface area contributed by atoms with E-state index in [9.17, 15) is 0 Å². The summed E-state index contributed by atoms with van der Waals surface area (Å²) in [6.07, 6.45) is 6.80. The van der Waals surface area contributed by atoms with Crippen LogP contribution in [0.3, 0.4) is 0 Å². The zero-order valence-corrected chi connectivity index (χ0v) is 15.1. The lowest BCUT2D eigenvalue weighted by Gasteiger charge is -2.23. The lowest BCUT2D eigenvalue weighted by atomic mass is 10.2. The number of hydrogen-bond acceptors (Lipinski definition) is 6. The molecular weight excluding hydrogens is 384 g/mol. The molecule has 0 fully saturated rings. The van der Waals surface area contributed by atoms with Crippen LogP contribution in [-0.2, 0) is 13.1 Å². The molecule has 0 saturated heterocycles. The standard InChI is InChI=1S/C17H15BrN6O/c1-12-21-22-17-16(20-5-6-24(12)17)10-23(9-15-8-19-11-25-15)14-4-2-3-13(18)7-14/h2-8,11H,9-10H2,1H3. The number of fused-ring (bicyclic) bond motifs is 1. The highest BCUT2D eigenvalue weighted by Crippen LogP contribution is 2.24. The molecular formula is C17H15BrN6O. The number of nitrogens with zero attached hydrogens (tertiary/aromatic N) is 6. The number of aryl methyl sites for hydroxylation is 1. The molecule has 0 radical (unpaired) electrons. The minimum atomic E-state index is 0.569. The smallest absolute Gasteiger partial charge is 0.184 e. The number of halogens is 1. The molecule has 0 atom stereocenters. The Morgan fingerprint density at radius 2 is 2.16 bits per heavy atom. The van der Waals surface area contributed by atoms with Crippen LogP contribution in [-0.4, -0.2) is 24.6 Å². The topological polar surface area (TPSA) is 72.3 Å². The Labute approximate surface area is 152 Å². The Balaban J connectivity index is 1.72. The molecule has 3 aromatic heterocycles. The van der Waals surface area contributed by atoms with E-state index >= 15 is 0 Å². The van der Waals surface area contributed by atoms with E-state index in [0.717, 1.165) is 33.1 Å². The van der Waals surface area contributed by atoms with Crippen molar-refractivity contribution in [3.8, 4) is 0 Å². The van der Waals surface area contributed by atoms with Gasteiger partial charge >= 0.3 is 0 Å². The molecule has 7 nitrogen and oxygen atoms in total. The SMILES string of the molecule is Cc1nnc2c(CN(Cc3cnco3)c3cccc(Br)c3)nccn12. The first kappa shape index (κ1) is 15.8. The van der Waals surface area contributed by atoms with Crippen molar-refractivity contribution < 1.29 is 4.42 Å². The Morgan fingerprint density at radius 1 is 1.24 bits per heavy atom. The molecule has 4 rings (SSSR count). The number of benzene rings is 1. The second-order valence-corrected chi connectivity index (χ2v) is 6.53. The Hall–Kier alpha value is -2.74. The van der Waals surface area contributed by atoms with Crippen molar-refractivity contribution in [2.75, 3.05) is 4.90 Å². The third-order valence-corrected chi connectivity index (χ3v) is 4.41. The van der Waals surface area contributed by atoms with E-state index in [0.29, 0.717) is 13.1 Å². The highest BCUT2D eigenvalue weighted by Gasteiger charge is 2.15. The van der Waals surface area contributed by atoms with E-state index in [1.54, 1.807) is 12.4 Å². The molecule has 1 aromatic carbocycles. The quantitative estimate of drug-likeness (QED) is 0.512. The largest absolute Gasteiger partial charge is 0.447 e. The third kappa shape index (κ3) is 3.25. The highest BCUT2D eigenvalue weighted by atomic mass is 79.9. The summed E-state index contributed by atoms with van der Waals surface area (Å²) in [5.41, 5.74) is 2.66. The fourth-order valence-corrected chi connectivity index (χ4v) is 3.09. The van der Waals surface area contributed by atoms with Crippen LogP contribution in [0.25, 0.3) is 5.65 Å². The fourth-order valence-electron chi connectivity index (χ4n) is 2.70. The number of hydrogen-bond donors (Lipinski definition) is 0. The summed E-state index contributed by atoms with van der Waals surface area (Å²) in [4.78, 5) is 10.7. The molecule has 25 heavy (non-hydrogen) atoms. The second-order valence-electron chi connectivity index (χ2n) is 5.62. The summed E-state index contributed by atoms with van der Waals surface area (Å²) >= 11 is 3.53. The molecule has 0 saturated carbocycles. The summed E-state index contributed by atoms with van der Waals surface area (Å²) < 4.78 is 8.38. The van der Waals surface area contributed by atoms with Gasteiger partial charge in [-0.3, -0.25) is 9.38 Å². The zero-order valence-electron chi connectivity index (χ0n) is 13.5. The Morgan fingerprint density at radius 3 is 2.96 bits per heavy atom. The molecule has 0 unspecified atom stereocenters. The lowest BCUT2D eigenvalue weighted by molar-refractivity contribution is 0.496. The van der Waals surface area contributed by atoms with Gasteiger partial charge in [-0.1, -0.05) is 22.0 Å². The fraction of sp³-hybridized carbons (Fsp3) is 0.176. The average Bonchev–Trinajstić information content (AvgIpc) is 3.25. The van der Waals surface area contributed by atoms with Gasteiger partial charge in [0.1, 0.15) is 17.3 Å². The molecule has 8 heteroatoms. The molecule has 0 amide bonds. The van der Waals surface area contributed by atoms with Gasteiger partial charge in [-0.2, -0.15) is 0 Å². The van der Waals surface area contributed by atoms with Gasteiger partial charge in [-0.05, 0) is 25.1 Å². The first-order valence-corrected chi connectivity index (χ1v) is 8.53. The van der Waals surface area contributed by atoms with Crippen LogP contribution in [0.1, 0.15) is 17.3 Å². The van der Waals surface area contributed by atoms with Crippen LogP contribution < -0.4 is 4.90 Å². The first-order chi connectivity index (χ1) is 12.2.